The summed E-state index contributed by atoms with van der Waals surface area (Å²) in [5.41, 5.74) is 3.25. The predicted octanol–water partition coefficient (Wildman–Crippen LogP) is 3.78. The zero-order chi connectivity index (χ0) is 15.9. The van der Waals surface area contributed by atoms with Crippen molar-refractivity contribution in [3.8, 4) is 5.75 Å². The Balaban J connectivity index is 1.98. The molecule has 0 spiro atoms. The fourth-order valence-corrected chi connectivity index (χ4v) is 2.21. The molecular formula is C19H23NO2. The summed E-state index contributed by atoms with van der Waals surface area (Å²) >= 11 is 0. The standard InChI is InChI=1S/C19H23NO2/c1-4-17(22-18-12-14(2)10-11-15(18)3)19(21)20-13-16-8-6-5-7-9-16/h5-12,17H,4,13H2,1-3H3,(H,20,21)/t17-/m0/s1. The van der Waals surface area contributed by atoms with Gasteiger partial charge in [0.2, 0.25) is 0 Å². The maximum absolute atomic E-state index is 12.3. The molecule has 0 saturated heterocycles. The Hall–Kier alpha value is -2.29. The van der Waals surface area contributed by atoms with Gasteiger partial charge in [0.15, 0.2) is 6.10 Å². The molecule has 2 rings (SSSR count). The van der Waals surface area contributed by atoms with E-state index in [2.05, 4.69) is 5.32 Å². The van der Waals surface area contributed by atoms with E-state index in [1.54, 1.807) is 0 Å². The molecule has 0 bridgehead atoms. The van der Waals surface area contributed by atoms with Crippen LogP contribution in [0.4, 0.5) is 0 Å². The maximum atomic E-state index is 12.3. The highest BCUT2D eigenvalue weighted by molar-refractivity contribution is 5.81. The molecule has 0 aliphatic rings. The van der Waals surface area contributed by atoms with Crippen LogP contribution in [0.1, 0.15) is 30.0 Å². The fourth-order valence-electron chi connectivity index (χ4n) is 2.21. The summed E-state index contributed by atoms with van der Waals surface area (Å²) in [6.07, 6.45) is 0.165. The number of rotatable bonds is 6. The summed E-state index contributed by atoms with van der Waals surface area (Å²) in [6, 6.07) is 15.9. The van der Waals surface area contributed by atoms with Gasteiger partial charge in [0, 0.05) is 6.54 Å². The molecule has 1 atom stereocenters. The first kappa shape index (κ1) is 16.1. The van der Waals surface area contributed by atoms with Crippen LogP contribution in [-0.2, 0) is 11.3 Å². The molecule has 2 aromatic rings. The van der Waals surface area contributed by atoms with E-state index in [1.165, 1.54) is 0 Å². The summed E-state index contributed by atoms with van der Waals surface area (Å²) in [7, 11) is 0. The van der Waals surface area contributed by atoms with E-state index < -0.39 is 6.10 Å². The van der Waals surface area contributed by atoms with Crippen molar-refractivity contribution in [1.29, 1.82) is 0 Å². The van der Waals surface area contributed by atoms with Crippen molar-refractivity contribution in [2.45, 2.75) is 39.8 Å². The molecule has 1 N–H and O–H groups in total. The fraction of sp³-hybridized carbons (Fsp3) is 0.316. The van der Waals surface area contributed by atoms with Crippen molar-refractivity contribution in [3.05, 3.63) is 65.2 Å². The van der Waals surface area contributed by atoms with Crippen molar-refractivity contribution in [3.63, 3.8) is 0 Å². The highest BCUT2D eigenvalue weighted by Crippen LogP contribution is 2.21. The third-order valence-corrected chi connectivity index (χ3v) is 3.59. The molecule has 0 fully saturated rings. The minimum Gasteiger partial charge on any atom is -0.480 e. The van der Waals surface area contributed by atoms with Gasteiger partial charge in [0.05, 0.1) is 0 Å². The zero-order valence-electron chi connectivity index (χ0n) is 13.4. The van der Waals surface area contributed by atoms with Gasteiger partial charge < -0.3 is 10.1 Å². The number of carbonyl (C=O) groups excluding carboxylic acids is 1. The second-order valence-electron chi connectivity index (χ2n) is 5.49. The average Bonchev–Trinajstić information content (AvgIpc) is 2.54. The third-order valence-electron chi connectivity index (χ3n) is 3.59. The monoisotopic (exact) mass is 297 g/mol. The molecule has 0 radical (unpaired) electrons. The van der Waals surface area contributed by atoms with E-state index in [-0.39, 0.29) is 5.91 Å². The molecule has 3 heteroatoms. The van der Waals surface area contributed by atoms with Crippen LogP contribution in [0, 0.1) is 13.8 Å². The molecular weight excluding hydrogens is 274 g/mol. The van der Waals surface area contributed by atoms with Crippen LogP contribution < -0.4 is 10.1 Å². The summed E-state index contributed by atoms with van der Waals surface area (Å²) < 4.78 is 5.91. The van der Waals surface area contributed by atoms with E-state index in [1.807, 2.05) is 69.3 Å². The van der Waals surface area contributed by atoms with E-state index in [4.69, 9.17) is 4.74 Å². The quantitative estimate of drug-likeness (QED) is 0.881. The van der Waals surface area contributed by atoms with Gasteiger partial charge in [-0.1, -0.05) is 49.4 Å². The Morgan fingerprint density at radius 1 is 1.14 bits per heavy atom. The average molecular weight is 297 g/mol. The van der Waals surface area contributed by atoms with Gasteiger partial charge in [0.1, 0.15) is 5.75 Å². The molecule has 0 aliphatic heterocycles. The van der Waals surface area contributed by atoms with Gasteiger partial charge >= 0.3 is 0 Å². The van der Waals surface area contributed by atoms with E-state index in [9.17, 15) is 4.79 Å². The van der Waals surface area contributed by atoms with Crippen LogP contribution >= 0.6 is 0 Å². The number of nitrogens with one attached hydrogen (secondary N) is 1. The van der Waals surface area contributed by atoms with Crippen molar-refractivity contribution < 1.29 is 9.53 Å². The molecule has 22 heavy (non-hydrogen) atoms. The van der Waals surface area contributed by atoms with Gasteiger partial charge in [-0.05, 0) is 43.0 Å². The van der Waals surface area contributed by atoms with E-state index in [0.29, 0.717) is 13.0 Å². The van der Waals surface area contributed by atoms with Crippen LogP contribution in [0.5, 0.6) is 5.75 Å². The Bertz CT molecular complexity index is 623. The van der Waals surface area contributed by atoms with Crippen molar-refractivity contribution in [1.82, 2.24) is 5.32 Å². The summed E-state index contributed by atoms with van der Waals surface area (Å²) in [6.45, 7) is 6.48. The molecule has 0 aromatic heterocycles. The van der Waals surface area contributed by atoms with Crippen LogP contribution in [0.15, 0.2) is 48.5 Å². The number of aryl methyl sites for hydroxylation is 2. The van der Waals surface area contributed by atoms with Crippen molar-refractivity contribution >= 4 is 5.91 Å². The van der Waals surface area contributed by atoms with Gasteiger partial charge in [0.25, 0.3) is 5.91 Å². The first-order valence-electron chi connectivity index (χ1n) is 7.65. The van der Waals surface area contributed by atoms with Crippen molar-refractivity contribution in [2.75, 3.05) is 0 Å². The Labute approximate surface area is 132 Å². The molecule has 2 aromatic carbocycles. The number of hydrogen-bond donors (Lipinski definition) is 1. The first-order valence-corrected chi connectivity index (χ1v) is 7.65. The minimum atomic E-state index is -0.468. The lowest BCUT2D eigenvalue weighted by Crippen LogP contribution is -2.37. The van der Waals surface area contributed by atoms with Crippen LogP contribution in [0.2, 0.25) is 0 Å². The van der Waals surface area contributed by atoms with E-state index in [0.717, 1.165) is 22.4 Å². The smallest absolute Gasteiger partial charge is 0.261 e. The Morgan fingerprint density at radius 3 is 2.55 bits per heavy atom. The number of hydrogen-bond acceptors (Lipinski definition) is 2. The molecule has 116 valence electrons. The summed E-state index contributed by atoms with van der Waals surface area (Å²) in [5, 5.41) is 2.94. The number of ether oxygens (including phenoxy) is 1. The molecule has 1 amide bonds. The van der Waals surface area contributed by atoms with Crippen LogP contribution in [0.3, 0.4) is 0 Å². The number of carbonyl (C=O) groups is 1. The Kier molecular flexibility index (Phi) is 5.59. The topological polar surface area (TPSA) is 38.3 Å². The lowest BCUT2D eigenvalue weighted by molar-refractivity contribution is -0.128. The second kappa shape index (κ2) is 7.64. The molecule has 0 heterocycles. The SMILES string of the molecule is CC[C@H](Oc1cc(C)ccc1C)C(=O)NCc1ccccc1. The van der Waals surface area contributed by atoms with Gasteiger partial charge in [-0.2, -0.15) is 0 Å². The van der Waals surface area contributed by atoms with Crippen LogP contribution in [0.25, 0.3) is 0 Å². The third kappa shape index (κ3) is 4.35. The maximum Gasteiger partial charge on any atom is 0.261 e. The number of amides is 1. The number of benzene rings is 2. The molecule has 0 aliphatic carbocycles. The molecule has 0 saturated carbocycles. The lowest BCUT2D eigenvalue weighted by atomic mass is 10.1. The summed E-state index contributed by atoms with van der Waals surface area (Å²) in [5.74, 6) is 0.703. The predicted molar refractivity (Wildman–Crippen MR) is 88.9 cm³/mol. The summed E-state index contributed by atoms with van der Waals surface area (Å²) in [4.78, 5) is 12.3. The van der Waals surface area contributed by atoms with Gasteiger partial charge in [-0.15, -0.1) is 0 Å². The minimum absolute atomic E-state index is 0.0766. The highest BCUT2D eigenvalue weighted by atomic mass is 16.5. The zero-order valence-corrected chi connectivity index (χ0v) is 13.4. The van der Waals surface area contributed by atoms with Gasteiger partial charge in [-0.25, -0.2) is 0 Å². The Morgan fingerprint density at radius 2 is 1.86 bits per heavy atom. The van der Waals surface area contributed by atoms with Crippen molar-refractivity contribution in [2.24, 2.45) is 0 Å². The normalized spacial score (nSPS) is 11.8. The molecule has 3 nitrogen and oxygen atoms in total. The lowest BCUT2D eigenvalue weighted by Gasteiger charge is -2.19. The first-order chi connectivity index (χ1) is 10.6. The largest absolute Gasteiger partial charge is 0.480 e. The second-order valence-corrected chi connectivity index (χ2v) is 5.49. The van der Waals surface area contributed by atoms with Gasteiger partial charge in [-0.3, -0.25) is 4.79 Å². The van der Waals surface area contributed by atoms with E-state index >= 15 is 0 Å². The highest BCUT2D eigenvalue weighted by Gasteiger charge is 2.18. The van der Waals surface area contributed by atoms with Crippen LogP contribution in [-0.4, -0.2) is 12.0 Å². The molecule has 0 unspecified atom stereocenters.